The molecule has 4 heteroatoms. The number of aryl methyl sites for hydroxylation is 1. The van der Waals surface area contributed by atoms with Crippen LogP contribution in [0.2, 0.25) is 0 Å². The highest BCUT2D eigenvalue weighted by molar-refractivity contribution is 5.76. The van der Waals surface area contributed by atoms with Crippen molar-refractivity contribution >= 4 is 11.6 Å². The van der Waals surface area contributed by atoms with Gasteiger partial charge in [-0.05, 0) is 43.9 Å². The number of hydrogen-bond acceptors (Lipinski definition) is 3. The highest BCUT2D eigenvalue weighted by atomic mass is 16.5. The predicted octanol–water partition coefficient (Wildman–Crippen LogP) is 1.89. The summed E-state index contributed by atoms with van der Waals surface area (Å²) in [6, 6.07) is 7.76. The Morgan fingerprint density at radius 3 is 3.11 bits per heavy atom. The zero-order valence-electron chi connectivity index (χ0n) is 11.4. The molecule has 1 heterocycles. The lowest BCUT2D eigenvalue weighted by Crippen LogP contribution is -2.40. The Kier molecular flexibility index (Phi) is 4.80. The molecule has 0 radical (unpaired) electrons. The number of nitrogen functional groups attached to an aromatic ring is 1. The average Bonchev–Trinajstić information content (AvgIpc) is 2.90. The van der Waals surface area contributed by atoms with Crippen molar-refractivity contribution < 1.29 is 9.53 Å². The molecule has 1 aromatic rings. The number of benzene rings is 1. The smallest absolute Gasteiger partial charge is 0.220 e. The number of rotatable bonds is 5. The van der Waals surface area contributed by atoms with Gasteiger partial charge in [-0.15, -0.1) is 0 Å². The van der Waals surface area contributed by atoms with Crippen molar-refractivity contribution in [3.63, 3.8) is 0 Å². The van der Waals surface area contributed by atoms with E-state index in [2.05, 4.69) is 5.32 Å². The van der Waals surface area contributed by atoms with E-state index in [1.165, 1.54) is 0 Å². The van der Waals surface area contributed by atoms with Gasteiger partial charge < -0.3 is 15.8 Å². The van der Waals surface area contributed by atoms with Crippen LogP contribution in [0.3, 0.4) is 0 Å². The van der Waals surface area contributed by atoms with Crippen LogP contribution in [0.4, 0.5) is 5.69 Å². The summed E-state index contributed by atoms with van der Waals surface area (Å²) >= 11 is 0. The summed E-state index contributed by atoms with van der Waals surface area (Å²) in [5.74, 6) is 0.0745. The molecule has 3 N–H and O–H groups in total. The Labute approximate surface area is 114 Å². The van der Waals surface area contributed by atoms with E-state index < -0.39 is 0 Å². The fourth-order valence-electron chi connectivity index (χ4n) is 2.42. The lowest BCUT2D eigenvalue weighted by atomic mass is 10.1. The van der Waals surface area contributed by atoms with E-state index in [1.807, 2.05) is 31.2 Å². The molecule has 2 atom stereocenters. The van der Waals surface area contributed by atoms with Gasteiger partial charge in [-0.1, -0.05) is 12.1 Å². The van der Waals surface area contributed by atoms with Crippen LogP contribution in [0.5, 0.6) is 0 Å². The zero-order valence-corrected chi connectivity index (χ0v) is 11.4. The van der Waals surface area contributed by atoms with E-state index in [1.54, 1.807) is 0 Å². The van der Waals surface area contributed by atoms with Gasteiger partial charge in [0.2, 0.25) is 5.91 Å². The second-order valence-electron chi connectivity index (χ2n) is 5.15. The van der Waals surface area contributed by atoms with Crippen molar-refractivity contribution in [1.82, 2.24) is 5.32 Å². The first kappa shape index (κ1) is 13.9. The summed E-state index contributed by atoms with van der Waals surface area (Å²) in [7, 11) is 0. The van der Waals surface area contributed by atoms with Crippen LogP contribution in [-0.4, -0.2) is 24.7 Å². The van der Waals surface area contributed by atoms with E-state index in [0.717, 1.165) is 37.1 Å². The molecule has 0 aromatic heterocycles. The van der Waals surface area contributed by atoms with Crippen molar-refractivity contribution in [3.05, 3.63) is 29.8 Å². The number of carbonyl (C=O) groups excluding carboxylic acids is 1. The minimum Gasteiger partial charge on any atom is -0.399 e. The second kappa shape index (κ2) is 6.57. The third kappa shape index (κ3) is 4.24. The van der Waals surface area contributed by atoms with Gasteiger partial charge in [0.15, 0.2) is 0 Å². The third-order valence-corrected chi connectivity index (χ3v) is 3.50. The minimum absolute atomic E-state index is 0.0745. The summed E-state index contributed by atoms with van der Waals surface area (Å²) < 4.78 is 5.56. The van der Waals surface area contributed by atoms with E-state index in [0.29, 0.717) is 6.42 Å². The van der Waals surface area contributed by atoms with Gasteiger partial charge >= 0.3 is 0 Å². The molecule has 0 saturated carbocycles. The molecular weight excluding hydrogens is 240 g/mol. The first-order valence-corrected chi connectivity index (χ1v) is 6.90. The number of ether oxygens (including phenoxy) is 1. The van der Waals surface area contributed by atoms with Crippen molar-refractivity contribution in [2.75, 3.05) is 12.3 Å². The molecule has 1 fully saturated rings. The first-order chi connectivity index (χ1) is 9.15. The molecule has 1 aliphatic rings. The molecule has 0 aliphatic carbocycles. The van der Waals surface area contributed by atoms with Crippen molar-refractivity contribution in [2.24, 2.45) is 0 Å². The van der Waals surface area contributed by atoms with Crippen LogP contribution in [0.15, 0.2) is 24.3 Å². The van der Waals surface area contributed by atoms with Gasteiger partial charge in [0.1, 0.15) is 0 Å². The lowest BCUT2D eigenvalue weighted by Gasteiger charge is -2.19. The number of nitrogens with one attached hydrogen (secondary N) is 1. The molecular formula is C15H22N2O2. The molecule has 1 aliphatic heterocycles. The predicted molar refractivity (Wildman–Crippen MR) is 75.8 cm³/mol. The van der Waals surface area contributed by atoms with Crippen LogP contribution in [0, 0.1) is 0 Å². The number of nitrogens with two attached hydrogens (primary N) is 1. The highest BCUT2D eigenvalue weighted by Gasteiger charge is 2.23. The van der Waals surface area contributed by atoms with Gasteiger partial charge in [-0.2, -0.15) is 0 Å². The molecule has 104 valence electrons. The Morgan fingerprint density at radius 2 is 2.42 bits per heavy atom. The minimum atomic E-state index is 0.0745. The molecule has 1 saturated heterocycles. The summed E-state index contributed by atoms with van der Waals surface area (Å²) in [5.41, 5.74) is 7.55. The van der Waals surface area contributed by atoms with Gasteiger partial charge in [-0.3, -0.25) is 4.79 Å². The van der Waals surface area contributed by atoms with E-state index in [9.17, 15) is 4.79 Å². The normalized spacial score (nSPS) is 20.2. The van der Waals surface area contributed by atoms with Crippen LogP contribution in [0.25, 0.3) is 0 Å². The molecule has 0 bridgehead atoms. The van der Waals surface area contributed by atoms with E-state index >= 15 is 0 Å². The van der Waals surface area contributed by atoms with E-state index in [4.69, 9.17) is 10.5 Å². The maximum atomic E-state index is 11.9. The van der Waals surface area contributed by atoms with Crippen molar-refractivity contribution in [3.8, 4) is 0 Å². The fraction of sp³-hybridized carbons (Fsp3) is 0.533. The quantitative estimate of drug-likeness (QED) is 0.796. The monoisotopic (exact) mass is 262 g/mol. The second-order valence-corrected chi connectivity index (χ2v) is 5.15. The van der Waals surface area contributed by atoms with Gasteiger partial charge in [-0.25, -0.2) is 0 Å². The van der Waals surface area contributed by atoms with Crippen molar-refractivity contribution in [2.45, 2.75) is 44.8 Å². The fourth-order valence-corrected chi connectivity index (χ4v) is 2.42. The van der Waals surface area contributed by atoms with E-state index in [-0.39, 0.29) is 18.1 Å². The molecule has 19 heavy (non-hydrogen) atoms. The Hall–Kier alpha value is -1.55. The molecule has 0 spiro atoms. The maximum absolute atomic E-state index is 11.9. The number of amides is 1. The number of anilines is 1. The summed E-state index contributed by atoms with van der Waals surface area (Å²) in [5, 5.41) is 3.01. The Balaban J connectivity index is 1.75. The van der Waals surface area contributed by atoms with Crippen molar-refractivity contribution in [1.29, 1.82) is 0 Å². The van der Waals surface area contributed by atoms with Crippen LogP contribution in [-0.2, 0) is 16.0 Å². The third-order valence-electron chi connectivity index (χ3n) is 3.50. The Morgan fingerprint density at radius 1 is 1.58 bits per heavy atom. The zero-order chi connectivity index (χ0) is 13.7. The summed E-state index contributed by atoms with van der Waals surface area (Å²) in [4.78, 5) is 11.9. The Bertz CT molecular complexity index is 428. The molecule has 2 unspecified atom stereocenters. The molecule has 1 aromatic carbocycles. The first-order valence-electron chi connectivity index (χ1n) is 6.90. The molecule has 2 rings (SSSR count). The average molecular weight is 262 g/mol. The maximum Gasteiger partial charge on any atom is 0.220 e. The molecule has 1 amide bonds. The standard InChI is InChI=1S/C15H22N2O2/c1-11(14-6-3-9-19-14)17-15(18)8-7-12-4-2-5-13(16)10-12/h2,4-5,10-11,14H,3,6-9,16H2,1H3,(H,17,18). The van der Waals surface area contributed by atoms with Gasteiger partial charge in [0.25, 0.3) is 0 Å². The highest BCUT2D eigenvalue weighted by Crippen LogP contribution is 2.15. The SMILES string of the molecule is CC(NC(=O)CCc1cccc(N)c1)C1CCCO1. The lowest BCUT2D eigenvalue weighted by molar-refractivity contribution is -0.122. The molecule has 4 nitrogen and oxygen atoms in total. The number of carbonyl (C=O) groups is 1. The van der Waals surface area contributed by atoms with Crippen LogP contribution < -0.4 is 11.1 Å². The largest absolute Gasteiger partial charge is 0.399 e. The number of hydrogen-bond donors (Lipinski definition) is 2. The van der Waals surface area contributed by atoms with Crippen LogP contribution >= 0.6 is 0 Å². The summed E-state index contributed by atoms with van der Waals surface area (Å²) in [6.45, 7) is 2.82. The topological polar surface area (TPSA) is 64.4 Å². The van der Waals surface area contributed by atoms with Gasteiger partial charge in [0.05, 0.1) is 12.1 Å². The summed E-state index contributed by atoms with van der Waals surface area (Å²) in [6.07, 6.45) is 3.51. The van der Waals surface area contributed by atoms with Gasteiger partial charge in [0, 0.05) is 18.7 Å². The van der Waals surface area contributed by atoms with Crippen LogP contribution in [0.1, 0.15) is 31.7 Å².